The molecule has 0 aromatic heterocycles. The lowest BCUT2D eigenvalue weighted by Gasteiger charge is -2.45. The monoisotopic (exact) mass is 462 g/mol. The maximum Gasteiger partial charge on any atom is 0.328 e. The number of aliphatic hydroxyl groups is 3. The molecule has 10 heteroatoms. The summed E-state index contributed by atoms with van der Waals surface area (Å²) >= 11 is 0. The zero-order valence-electron chi connectivity index (χ0n) is 18.3. The largest absolute Gasteiger partial charge is 0.388 e. The molecular weight excluding hydrogens is 424 g/mol. The average Bonchev–Trinajstić information content (AvgIpc) is 3.24. The van der Waals surface area contributed by atoms with Crippen molar-refractivity contribution in [3.8, 4) is 0 Å². The third-order valence-corrected chi connectivity index (χ3v) is 8.56. The molecule has 0 aromatic carbocycles. The highest BCUT2D eigenvalue weighted by molar-refractivity contribution is 7.90. The van der Waals surface area contributed by atoms with E-state index in [1.165, 1.54) is 0 Å². The summed E-state index contributed by atoms with van der Waals surface area (Å²) < 4.78 is 32.6. The molecule has 5 N–H and O–H groups in total. The van der Waals surface area contributed by atoms with Crippen LogP contribution in [0, 0.1) is 11.8 Å². The molecule has 3 aliphatic rings. The molecule has 9 nitrogen and oxygen atoms in total. The van der Waals surface area contributed by atoms with Gasteiger partial charge in [-0.3, -0.25) is 0 Å². The van der Waals surface area contributed by atoms with E-state index < -0.39 is 52.3 Å². The van der Waals surface area contributed by atoms with E-state index in [0.29, 0.717) is 5.92 Å². The molecule has 3 rings (SSSR count). The molecule has 0 bridgehead atoms. The van der Waals surface area contributed by atoms with Crippen molar-refractivity contribution in [2.45, 2.75) is 108 Å². The van der Waals surface area contributed by atoms with E-state index >= 15 is 0 Å². The van der Waals surface area contributed by atoms with E-state index in [0.717, 1.165) is 57.8 Å². The van der Waals surface area contributed by atoms with Crippen LogP contribution in [0.5, 0.6) is 0 Å². The number of nitrogens with one attached hydrogen (secondary N) is 2. The van der Waals surface area contributed by atoms with Crippen LogP contribution in [-0.4, -0.2) is 72.1 Å². The fourth-order valence-corrected chi connectivity index (χ4v) is 6.27. The Morgan fingerprint density at radius 2 is 1.61 bits per heavy atom. The normalized spacial score (nSPS) is 37.5. The molecule has 2 aliphatic carbocycles. The first kappa shape index (κ1) is 24.7. The van der Waals surface area contributed by atoms with Crippen LogP contribution in [0.4, 0.5) is 4.79 Å². The smallest absolute Gasteiger partial charge is 0.328 e. The van der Waals surface area contributed by atoms with E-state index in [4.69, 9.17) is 4.74 Å². The number of aliphatic hydroxyl groups excluding tert-OH is 3. The molecule has 0 radical (unpaired) electrons. The van der Waals surface area contributed by atoms with Gasteiger partial charge in [0.2, 0.25) is 10.0 Å². The number of ether oxygens (including phenoxy) is 1. The third kappa shape index (κ3) is 6.54. The number of carbonyl (C=O) groups excluding carboxylic acids is 1. The van der Waals surface area contributed by atoms with Crippen molar-refractivity contribution < 1.29 is 33.3 Å². The molecule has 1 unspecified atom stereocenters. The number of rotatable bonds is 7. The predicted molar refractivity (Wildman–Crippen MR) is 115 cm³/mol. The lowest BCUT2D eigenvalue weighted by molar-refractivity contribution is -0.237. The Bertz CT molecular complexity index is 690. The van der Waals surface area contributed by atoms with E-state index in [1.54, 1.807) is 0 Å². The van der Waals surface area contributed by atoms with Gasteiger partial charge in [0.05, 0.1) is 18.0 Å². The molecule has 1 saturated heterocycles. The molecule has 0 aromatic rings. The lowest BCUT2D eigenvalue weighted by atomic mass is 9.75. The van der Waals surface area contributed by atoms with Gasteiger partial charge in [0, 0.05) is 6.04 Å². The van der Waals surface area contributed by atoms with E-state index in [1.807, 2.05) is 4.72 Å². The Labute approximate surface area is 185 Å². The van der Waals surface area contributed by atoms with Crippen molar-refractivity contribution in [3.63, 3.8) is 0 Å². The maximum absolute atomic E-state index is 12.3. The quantitative estimate of drug-likeness (QED) is 0.380. The number of hydrogen-bond acceptors (Lipinski definition) is 7. The molecule has 31 heavy (non-hydrogen) atoms. The van der Waals surface area contributed by atoms with Gasteiger partial charge in [0.25, 0.3) is 0 Å². The van der Waals surface area contributed by atoms with Gasteiger partial charge in [0.1, 0.15) is 18.3 Å². The number of amides is 2. The molecule has 5 atom stereocenters. The van der Waals surface area contributed by atoms with E-state index in [9.17, 15) is 28.5 Å². The Balaban J connectivity index is 1.53. The minimum atomic E-state index is -3.93. The van der Waals surface area contributed by atoms with Crippen molar-refractivity contribution in [2.75, 3.05) is 5.75 Å². The Kier molecular flexibility index (Phi) is 8.59. The Morgan fingerprint density at radius 3 is 2.23 bits per heavy atom. The second-order valence-corrected chi connectivity index (χ2v) is 11.3. The van der Waals surface area contributed by atoms with Crippen LogP contribution in [0.15, 0.2) is 0 Å². The summed E-state index contributed by atoms with van der Waals surface area (Å²) in [5.74, 6) is 0.300. The topological polar surface area (TPSA) is 145 Å². The van der Waals surface area contributed by atoms with E-state index in [2.05, 4.69) is 12.2 Å². The van der Waals surface area contributed by atoms with E-state index in [-0.39, 0.29) is 18.4 Å². The number of hydrogen-bond donors (Lipinski definition) is 5. The fourth-order valence-electron chi connectivity index (χ4n) is 5.28. The molecule has 3 fully saturated rings. The summed E-state index contributed by atoms with van der Waals surface area (Å²) in [5.41, 5.74) is 0. The fraction of sp³-hybridized carbons (Fsp3) is 0.952. The second-order valence-electron chi connectivity index (χ2n) is 9.46. The maximum atomic E-state index is 12.3. The van der Waals surface area contributed by atoms with Crippen molar-refractivity contribution in [1.82, 2.24) is 10.0 Å². The molecule has 1 aliphatic heterocycles. The minimum Gasteiger partial charge on any atom is -0.388 e. The molecule has 0 spiro atoms. The molecule has 1 heterocycles. The molecule has 180 valence electrons. The van der Waals surface area contributed by atoms with Gasteiger partial charge in [-0.2, -0.15) is 0 Å². The number of urea groups is 1. The SMILES string of the molecule is CCC1CCC(C2O[C@H](CCS(=O)(=O)NC(=O)NC3CCCC3)[C@@H](O)[C@H](O)[C@@H]2O)CC1. The van der Waals surface area contributed by atoms with Gasteiger partial charge in [-0.15, -0.1) is 0 Å². The summed E-state index contributed by atoms with van der Waals surface area (Å²) in [6.07, 6.45) is 3.01. The summed E-state index contributed by atoms with van der Waals surface area (Å²) in [6.45, 7) is 2.16. The number of carbonyl (C=O) groups is 1. The van der Waals surface area contributed by atoms with Crippen molar-refractivity contribution >= 4 is 16.1 Å². The summed E-state index contributed by atoms with van der Waals surface area (Å²) in [4.78, 5) is 12.0. The van der Waals surface area contributed by atoms with Gasteiger partial charge in [0.15, 0.2) is 0 Å². The Hall–Kier alpha value is -0.940. The lowest BCUT2D eigenvalue weighted by Crippen LogP contribution is -2.60. The molecule has 2 amide bonds. The van der Waals surface area contributed by atoms with Gasteiger partial charge in [-0.05, 0) is 43.9 Å². The highest BCUT2D eigenvalue weighted by atomic mass is 32.2. The minimum absolute atomic E-state index is 0.00103. The van der Waals surface area contributed by atoms with Crippen LogP contribution in [0.25, 0.3) is 0 Å². The predicted octanol–water partition coefficient (Wildman–Crippen LogP) is 1.01. The summed E-state index contributed by atoms with van der Waals surface area (Å²) in [6, 6.07) is -0.739. The third-order valence-electron chi connectivity index (χ3n) is 7.29. The van der Waals surface area contributed by atoms with Gasteiger partial charge in [-0.25, -0.2) is 17.9 Å². The van der Waals surface area contributed by atoms with Crippen LogP contribution in [0.3, 0.4) is 0 Å². The Morgan fingerprint density at radius 1 is 0.968 bits per heavy atom. The highest BCUT2D eigenvalue weighted by Crippen LogP contribution is 2.38. The van der Waals surface area contributed by atoms with Gasteiger partial charge >= 0.3 is 6.03 Å². The summed E-state index contributed by atoms with van der Waals surface area (Å²) in [7, 11) is -3.93. The first-order chi connectivity index (χ1) is 14.7. The molecule has 2 saturated carbocycles. The summed E-state index contributed by atoms with van der Waals surface area (Å²) in [5, 5.41) is 33.8. The van der Waals surface area contributed by atoms with Crippen LogP contribution in [0.1, 0.15) is 71.1 Å². The zero-order chi connectivity index (χ0) is 22.6. The van der Waals surface area contributed by atoms with Crippen LogP contribution >= 0.6 is 0 Å². The first-order valence-corrected chi connectivity index (χ1v) is 13.4. The van der Waals surface area contributed by atoms with Gasteiger partial charge in [-0.1, -0.05) is 39.0 Å². The zero-order valence-corrected chi connectivity index (χ0v) is 19.1. The van der Waals surface area contributed by atoms with Crippen LogP contribution in [-0.2, 0) is 14.8 Å². The standard InChI is InChI=1S/C21H38N2O7S/c1-2-13-7-9-14(10-8-13)20-19(26)18(25)17(24)16(30-20)11-12-31(28,29)23-21(27)22-15-5-3-4-6-15/h13-20,24-26H,2-12H2,1H3,(H2,22,23,27)/t13?,14?,16-,17-,18+,19+,20?/m1/s1. The number of sulfonamides is 1. The van der Waals surface area contributed by atoms with Crippen molar-refractivity contribution in [1.29, 1.82) is 0 Å². The van der Waals surface area contributed by atoms with Crippen molar-refractivity contribution in [2.24, 2.45) is 11.8 Å². The van der Waals surface area contributed by atoms with Crippen LogP contribution < -0.4 is 10.0 Å². The first-order valence-electron chi connectivity index (χ1n) is 11.7. The molecular formula is C21H38N2O7S. The second kappa shape index (κ2) is 10.8. The van der Waals surface area contributed by atoms with Crippen LogP contribution in [0.2, 0.25) is 0 Å². The van der Waals surface area contributed by atoms with Gasteiger partial charge < -0.3 is 25.4 Å². The average molecular weight is 463 g/mol. The van der Waals surface area contributed by atoms with Crippen molar-refractivity contribution in [3.05, 3.63) is 0 Å². The highest BCUT2D eigenvalue weighted by Gasteiger charge is 2.47.